The van der Waals surface area contributed by atoms with Crippen molar-refractivity contribution in [2.75, 3.05) is 19.0 Å². The van der Waals surface area contributed by atoms with Crippen molar-refractivity contribution in [3.05, 3.63) is 72.2 Å². The average Bonchev–Trinajstić information content (AvgIpc) is 2.84. The molecule has 0 spiro atoms. The van der Waals surface area contributed by atoms with E-state index in [1.807, 2.05) is 12.1 Å². The lowest BCUT2D eigenvalue weighted by Gasteiger charge is -2.53. The Kier molecular flexibility index (Phi) is 5.17. The van der Waals surface area contributed by atoms with Gasteiger partial charge in [0.1, 0.15) is 0 Å². The molecule has 6 rings (SSSR count). The van der Waals surface area contributed by atoms with Crippen LogP contribution in [-0.4, -0.2) is 23.6 Å². The topological polar surface area (TPSA) is 47.0 Å². The van der Waals surface area contributed by atoms with E-state index in [1.165, 1.54) is 55.5 Å². The Morgan fingerprint density at radius 2 is 1.65 bits per heavy atom. The number of nitrogens with one attached hydrogen (secondary N) is 1. The van der Waals surface area contributed by atoms with Gasteiger partial charge < -0.3 is 10.1 Å². The molecule has 0 saturated heterocycles. The molecule has 0 unspecified atom stereocenters. The van der Waals surface area contributed by atoms with Crippen molar-refractivity contribution in [1.82, 2.24) is 9.97 Å². The van der Waals surface area contributed by atoms with Crippen molar-refractivity contribution < 1.29 is 4.74 Å². The summed E-state index contributed by atoms with van der Waals surface area (Å²) < 4.78 is 5.28. The van der Waals surface area contributed by atoms with Crippen molar-refractivity contribution in [3.8, 4) is 17.0 Å². The maximum absolute atomic E-state index is 5.28. The van der Waals surface area contributed by atoms with Gasteiger partial charge in [-0.25, -0.2) is 4.98 Å². The van der Waals surface area contributed by atoms with Crippen LogP contribution in [0, 0.1) is 12.3 Å². The van der Waals surface area contributed by atoms with Gasteiger partial charge in [-0.2, -0.15) is 0 Å². The normalized spacial score (nSPS) is 24.7. The fourth-order valence-corrected chi connectivity index (χ4v) is 5.55. The quantitative estimate of drug-likeness (QED) is 0.525. The maximum Gasteiger partial charge on any atom is 0.213 e. The summed E-state index contributed by atoms with van der Waals surface area (Å²) in [5.74, 6) is 0.644. The predicted octanol–water partition coefficient (Wildman–Crippen LogP) is 6.16. The molecule has 1 aromatic carbocycles. The molecule has 0 radical (unpaired) electrons. The minimum absolute atomic E-state index is 0.314. The number of pyridine rings is 2. The van der Waals surface area contributed by atoms with Crippen LogP contribution >= 0.6 is 0 Å². The summed E-state index contributed by atoms with van der Waals surface area (Å²) in [6, 6.07) is 19.2. The van der Waals surface area contributed by atoms with E-state index in [-0.39, 0.29) is 0 Å². The monoisotopic (exact) mass is 413 g/mol. The molecule has 3 aromatic rings. The van der Waals surface area contributed by atoms with Crippen molar-refractivity contribution in [2.45, 2.75) is 50.9 Å². The third kappa shape index (κ3) is 3.91. The molecule has 2 bridgehead atoms. The van der Waals surface area contributed by atoms with E-state index in [2.05, 4.69) is 59.7 Å². The molecule has 3 saturated carbocycles. The third-order valence-corrected chi connectivity index (χ3v) is 7.64. The molecule has 160 valence electrons. The maximum atomic E-state index is 5.28. The standard InChI is InChI=1S/C27H31N3O/c1-20-5-3-8-24(30-20)27-13-10-26(11-14-27,12-15-27)19-29-23-7-4-6-21(17-23)22-9-16-28-25(18-22)31-2/h3-9,16-18,29H,10-15,19H2,1-2H3. The first-order chi connectivity index (χ1) is 15.1. The Bertz CT molecular complexity index is 1050. The Morgan fingerprint density at radius 3 is 2.39 bits per heavy atom. The van der Waals surface area contributed by atoms with E-state index in [0.717, 1.165) is 17.8 Å². The van der Waals surface area contributed by atoms with Gasteiger partial charge in [0.2, 0.25) is 5.88 Å². The lowest BCUT2D eigenvalue weighted by molar-refractivity contribution is 0.0482. The highest BCUT2D eigenvalue weighted by Crippen LogP contribution is 2.57. The van der Waals surface area contributed by atoms with Crippen LogP contribution in [0.4, 0.5) is 5.69 Å². The molecule has 4 nitrogen and oxygen atoms in total. The van der Waals surface area contributed by atoms with Gasteiger partial charge in [-0.3, -0.25) is 4.98 Å². The van der Waals surface area contributed by atoms with E-state index in [0.29, 0.717) is 16.7 Å². The molecule has 0 aliphatic heterocycles. The van der Waals surface area contributed by atoms with Gasteiger partial charge in [0.25, 0.3) is 0 Å². The SMILES string of the molecule is COc1cc(-c2cccc(NCC34CCC(c5cccc(C)n5)(CC3)CC4)c2)ccn1. The lowest BCUT2D eigenvalue weighted by Crippen LogP contribution is -2.47. The van der Waals surface area contributed by atoms with Gasteiger partial charge in [0.15, 0.2) is 0 Å². The summed E-state index contributed by atoms with van der Waals surface area (Å²) in [6.07, 6.45) is 9.46. The largest absolute Gasteiger partial charge is 0.481 e. The zero-order valence-electron chi connectivity index (χ0n) is 18.5. The number of methoxy groups -OCH3 is 1. The summed E-state index contributed by atoms with van der Waals surface area (Å²) in [4.78, 5) is 9.12. The number of rotatable bonds is 6. The number of benzene rings is 1. The average molecular weight is 414 g/mol. The first-order valence-electron chi connectivity index (χ1n) is 11.4. The Morgan fingerprint density at radius 1 is 0.903 bits per heavy atom. The van der Waals surface area contributed by atoms with Crippen LogP contribution in [0.3, 0.4) is 0 Å². The van der Waals surface area contributed by atoms with Crippen LogP contribution in [0.25, 0.3) is 11.1 Å². The van der Waals surface area contributed by atoms with Crippen molar-refractivity contribution in [1.29, 1.82) is 0 Å². The van der Waals surface area contributed by atoms with Gasteiger partial charge in [-0.15, -0.1) is 0 Å². The Balaban J connectivity index is 1.26. The van der Waals surface area contributed by atoms with Gasteiger partial charge >= 0.3 is 0 Å². The number of anilines is 1. The van der Waals surface area contributed by atoms with E-state index >= 15 is 0 Å². The number of hydrogen-bond acceptors (Lipinski definition) is 4. The van der Waals surface area contributed by atoms with Crippen molar-refractivity contribution in [2.24, 2.45) is 5.41 Å². The molecule has 3 fully saturated rings. The summed E-state index contributed by atoms with van der Waals surface area (Å²) in [5.41, 5.74) is 6.69. The Hall–Kier alpha value is -2.88. The molecular formula is C27H31N3O. The fourth-order valence-electron chi connectivity index (χ4n) is 5.55. The molecule has 2 heterocycles. The summed E-state index contributed by atoms with van der Waals surface area (Å²) in [5, 5.41) is 3.77. The number of ether oxygens (including phenoxy) is 1. The molecule has 2 aromatic heterocycles. The number of hydrogen-bond donors (Lipinski definition) is 1. The number of aromatic nitrogens is 2. The Labute approximate surface area is 185 Å². The van der Waals surface area contributed by atoms with E-state index < -0.39 is 0 Å². The van der Waals surface area contributed by atoms with Crippen LogP contribution in [0.15, 0.2) is 60.8 Å². The number of fused-ring (bicyclic) bond motifs is 3. The molecule has 1 N–H and O–H groups in total. The second-order valence-electron chi connectivity index (χ2n) is 9.47. The van der Waals surface area contributed by atoms with E-state index in [4.69, 9.17) is 9.72 Å². The molecule has 4 heteroatoms. The molecule has 0 atom stereocenters. The second-order valence-corrected chi connectivity index (χ2v) is 9.47. The van der Waals surface area contributed by atoms with Gasteiger partial charge in [-0.05, 0) is 92.3 Å². The van der Waals surface area contributed by atoms with Gasteiger partial charge in [0.05, 0.1) is 7.11 Å². The van der Waals surface area contributed by atoms with Crippen molar-refractivity contribution in [3.63, 3.8) is 0 Å². The summed E-state index contributed by atoms with van der Waals surface area (Å²) in [6.45, 7) is 3.16. The molecule has 0 amide bonds. The van der Waals surface area contributed by atoms with Crippen LogP contribution in [-0.2, 0) is 5.41 Å². The third-order valence-electron chi connectivity index (χ3n) is 7.64. The zero-order valence-corrected chi connectivity index (χ0v) is 18.5. The van der Waals surface area contributed by atoms with E-state index in [9.17, 15) is 0 Å². The second kappa shape index (κ2) is 7.99. The highest BCUT2D eigenvalue weighted by molar-refractivity contribution is 5.68. The molecule has 3 aliphatic carbocycles. The zero-order chi connectivity index (χ0) is 21.3. The minimum Gasteiger partial charge on any atom is -0.481 e. The van der Waals surface area contributed by atoms with Crippen LogP contribution < -0.4 is 10.1 Å². The number of nitrogens with zero attached hydrogens (tertiary/aromatic N) is 2. The first kappa shape index (κ1) is 20.0. The fraction of sp³-hybridized carbons (Fsp3) is 0.407. The molecule has 3 aliphatic rings. The van der Waals surface area contributed by atoms with E-state index in [1.54, 1.807) is 13.3 Å². The lowest BCUT2D eigenvalue weighted by atomic mass is 9.52. The number of aryl methyl sites for hydroxylation is 1. The minimum atomic E-state index is 0.314. The van der Waals surface area contributed by atoms with Crippen LogP contribution in [0.1, 0.15) is 49.9 Å². The summed E-state index contributed by atoms with van der Waals surface area (Å²) >= 11 is 0. The summed E-state index contributed by atoms with van der Waals surface area (Å²) in [7, 11) is 1.65. The predicted molar refractivity (Wildman–Crippen MR) is 126 cm³/mol. The van der Waals surface area contributed by atoms with Crippen LogP contribution in [0.2, 0.25) is 0 Å². The molecular weight excluding hydrogens is 382 g/mol. The highest BCUT2D eigenvalue weighted by atomic mass is 16.5. The van der Waals surface area contributed by atoms with Crippen molar-refractivity contribution >= 4 is 5.69 Å². The van der Waals surface area contributed by atoms with Gasteiger partial charge in [-0.1, -0.05) is 18.2 Å². The smallest absolute Gasteiger partial charge is 0.213 e. The first-order valence-corrected chi connectivity index (χ1v) is 11.4. The van der Waals surface area contributed by atoms with Gasteiger partial charge in [0, 0.05) is 41.3 Å². The molecule has 31 heavy (non-hydrogen) atoms. The van der Waals surface area contributed by atoms with Crippen LogP contribution in [0.5, 0.6) is 5.88 Å². The highest BCUT2D eigenvalue weighted by Gasteiger charge is 2.49.